The van der Waals surface area contributed by atoms with Gasteiger partial charge in [-0.1, -0.05) is 30.3 Å². The fourth-order valence-electron chi connectivity index (χ4n) is 1.76. The van der Waals surface area contributed by atoms with Gasteiger partial charge in [-0.2, -0.15) is 0 Å². The van der Waals surface area contributed by atoms with Crippen LogP contribution in [0.3, 0.4) is 0 Å². The SMILES string of the molecule is CN(C(=O)CCc1ccccc1)c1cccnc1. The van der Waals surface area contributed by atoms with Crippen LogP contribution in [0.15, 0.2) is 54.9 Å². The van der Waals surface area contributed by atoms with Gasteiger partial charge in [0.25, 0.3) is 0 Å². The van der Waals surface area contributed by atoms with Crippen LogP contribution >= 0.6 is 0 Å². The third-order valence-electron chi connectivity index (χ3n) is 2.88. The predicted octanol–water partition coefficient (Wildman–Crippen LogP) is 2.68. The van der Waals surface area contributed by atoms with Crippen LogP contribution in [0.25, 0.3) is 0 Å². The number of hydrogen-bond donors (Lipinski definition) is 0. The molecule has 1 aromatic heterocycles. The van der Waals surface area contributed by atoms with Crippen LogP contribution < -0.4 is 4.90 Å². The summed E-state index contributed by atoms with van der Waals surface area (Å²) in [6, 6.07) is 13.8. The van der Waals surface area contributed by atoms with Crippen molar-refractivity contribution in [1.29, 1.82) is 0 Å². The van der Waals surface area contributed by atoms with E-state index in [1.54, 1.807) is 24.3 Å². The molecule has 0 fully saturated rings. The summed E-state index contributed by atoms with van der Waals surface area (Å²) in [5.41, 5.74) is 2.01. The molecular weight excluding hydrogens is 224 g/mol. The summed E-state index contributed by atoms with van der Waals surface area (Å²) >= 11 is 0. The van der Waals surface area contributed by atoms with E-state index in [1.807, 2.05) is 42.5 Å². The Morgan fingerprint density at radius 2 is 1.94 bits per heavy atom. The molecule has 0 unspecified atom stereocenters. The van der Waals surface area contributed by atoms with Gasteiger partial charge in [0.2, 0.25) is 5.91 Å². The molecule has 0 radical (unpaired) electrons. The summed E-state index contributed by atoms with van der Waals surface area (Å²) < 4.78 is 0. The van der Waals surface area contributed by atoms with E-state index >= 15 is 0 Å². The van der Waals surface area contributed by atoms with Gasteiger partial charge < -0.3 is 4.90 Å². The fraction of sp³-hybridized carbons (Fsp3) is 0.200. The van der Waals surface area contributed by atoms with Crippen LogP contribution in [-0.2, 0) is 11.2 Å². The Kier molecular flexibility index (Phi) is 4.07. The molecular formula is C15H16N2O. The molecule has 18 heavy (non-hydrogen) atoms. The molecule has 0 aliphatic carbocycles. The van der Waals surface area contributed by atoms with Crippen molar-refractivity contribution in [3.05, 3.63) is 60.4 Å². The van der Waals surface area contributed by atoms with Crippen molar-refractivity contribution in [3.63, 3.8) is 0 Å². The minimum Gasteiger partial charge on any atom is -0.314 e. The molecule has 1 heterocycles. The van der Waals surface area contributed by atoms with Crippen LogP contribution in [0.2, 0.25) is 0 Å². The topological polar surface area (TPSA) is 33.2 Å². The monoisotopic (exact) mass is 240 g/mol. The van der Waals surface area contributed by atoms with Gasteiger partial charge in [0, 0.05) is 19.7 Å². The number of carbonyl (C=O) groups is 1. The van der Waals surface area contributed by atoms with E-state index in [2.05, 4.69) is 4.98 Å². The number of amides is 1. The number of aryl methyl sites for hydroxylation is 1. The van der Waals surface area contributed by atoms with E-state index in [0.717, 1.165) is 12.1 Å². The Bertz CT molecular complexity index is 496. The van der Waals surface area contributed by atoms with Crippen LogP contribution in [0.4, 0.5) is 5.69 Å². The number of aromatic nitrogens is 1. The van der Waals surface area contributed by atoms with Crippen LogP contribution in [-0.4, -0.2) is 17.9 Å². The van der Waals surface area contributed by atoms with Gasteiger partial charge in [-0.15, -0.1) is 0 Å². The van der Waals surface area contributed by atoms with E-state index in [1.165, 1.54) is 5.56 Å². The van der Waals surface area contributed by atoms with Gasteiger partial charge >= 0.3 is 0 Å². The fourth-order valence-corrected chi connectivity index (χ4v) is 1.76. The molecule has 3 nitrogen and oxygen atoms in total. The first-order chi connectivity index (χ1) is 8.77. The summed E-state index contributed by atoms with van der Waals surface area (Å²) in [5.74, 6) is 0.104. The van der Waals surface area contributed by atoms with E-state index in [9.17, 15) is 4.79 Å². The molecule has 0 saturated heterocycles. The minimum absolute atomic E-state index is 0.104. The second-order valence-corrected chi connectivity index (χ2v) is 4.15. The van der Waals surface area contributed by atoms with E-state index in [-0.39, 0.29) is 5.91 Å². The van der Waals surface area contributed by atoms with Crippen molar-refractivity contribution in [2.75, 3.05) is 11.9 Å². The van der Waals surface area contributed by atoms with Gasteiger partial charge in [-0.25, -0.2) is 0 Å². The largest absolute Gasteiger partial charge is 0.314 e. The maximum Gasteiger partial charge on any atom is 0.227 e. The summed E-state index contributed by atoms with van der Waals surface area (Å²) in [7, 11) is 1.78. The number of nitrogens with zero attached hydrogens (tertiary/aromatic N) is 2. The number of benzene rings is 1. The summed E-state index contributed by atoms with van der Waals surface area (Å²) in [6.07, 6.45) is 4.67. The molecule has 0 spiro atoms. The number of rotatable bonds is 4. The quantitative estimate of drug-likeness (QED) is 0.823. The summed E-state index contributed by atoms with van der Waals surface area (Å²) in [5, 5.41) is 0. The summed E-state index contributed by atoms with van der Waals surface area (Å²) in [6.45, 7) is 0. The van der Waals surface area contributed by atoms with Gasteiger partial charge in [-0.05, 0) is 24.1 Å². The number of hydrogen-bond acceptors (Lipinski definition) is 2. The molecule has 2 rings (SSSR count). The smallest absolute Gasteiger partial charge is 0.227 e. The van der Waals surface area contributed by atoms with E-state index < -0.39 is 0 Å². The first kappa shape index (κ1) is 12.3. The molecule has 0 saturated carbocycles. The normalized spacial score (nSPS) is 10.1. The third kappa shape index (κ3) is 3.17. The molecule has 1 amide bonds. The second kappa shape index (κ2) is 5.96. The molecule has 0 atom stereocenters. The Balaban J connectivity index is 1.93. The molecule has 3 heteroatoms. The zero-order valence-electron chi connectivity index (χ0n) is 10.4. The van der Waals surface area contributed by atoms with Crippen molar-refractivity contribution >= 4 is 11.6 Å². The maximum atomic E-state index is 12.0. The lowest BCUT2D eigenvalue weighted by atomic mass is 10.1. The number of anilines is 1. The van der Waals surface area contributed by atoms with Crippen molar-refractivity contribution < 1.29 is 4.79 Å². The van der Waals surface area contributed by atoms with Crippen molar-refractivity contribution in [2.45, 2.75) is 12.8 Å². The highest BCUT2D eigenvalue weighted by Crippen LogP contribution is 2.12. The predicted molar refractivity (Wildman–Crippen MR) is 72.4 cm³/mol. The van der Waals surface area contributed by atoms with E-state index in [4.69, 9.17) is 0 Å². The average Bonchev–Trinajstić information content (AvgIpc) is 2.46. The zero-order chi connectivity index (χ0) is 12.8. The minimum atomic E-state index is 0.104. The lowest BCUT2D eigenvalue weighted by Crippen LogP contribution is -2.26. The lowest BCUT2D eigenvalue weighted by molar-refractivity contribution is -0.118. The van der Waals surface area contributed by atoms with E-state index in [0.29, 0.717) is 6.42 Å². The first-order valence-electron chi connectivity index (χ1n) is 5.98. The first-order valence-corrected chi connectivity index (χ1v) is 5.98. The van der Waals surface area contributed by atoms with Gasteiger partial charge in [0.1, 0.15) is 0 Å². The molecule has 0 aliphatic rings. The molecule has 0 aliphatic heterocycles. The van der Waals surface area contributed by atoms with Crippen LogP contribution in [0.5, 0.6) is 0 Å². The highest BCUT2D eigenvalue weighted by molar-refractivity contribution is 5.92. The highest BCUT2D eigenvalue weighted by atomic mass is 16.2. The number of carbonyl (C=O) groups excluding carboxylic acids is 1. The Hall–Kier alpha value is -2.16. The standard InChI is InChI=1S/C15H16N2O/c1-17(14-8-5-11-16-12-14)15(18)10-9-13-6-3-2-4-7-13/h2-8,11-12H,9-10H2,1H3. The van der Waals surface area contributed by atoms with Crippen molar-refractivity contribution in [2.24, 2.45) is 0 Å². The Morgan fingerprint density at radius 1 is 1.17 bits per heavy atom. The van der Waals surface area contributed by atoms with Crippen LogP contribution in [0, 0.1) is 0 Å². The Labute approximate surface area is 107 Å². The van der Waals surface area contributed by atoms with Gasteiger partial charge in [-0.3, -0.25) is 9.78 Å². The molecule has 92 valence electrons. The molecule has 0 bridgehead atoms. The lowest BCUT2D eigenvalue weighted by Gasteiger charge is -2.16. The molecule has 1 aromatic carbocycles. The van der Waals surface area contributed by atoms with Crippen molar-refractivity contribution in [3.8, 4) is 0 Å². The van der Waals surface area contributed by atoms with Gasteiger partial charge in [0.15, 0.2) is 0 Å². The summed E-state index contributed by atoms with van der Waals surface area (Å²) in [4.78, 5) is 17.7. The average molecular weight is 240 g/mol. The molecule has 0 N–H and O–H groups in total. The van der Waals surface area contributed by atoms with Crippen molar-refractivity contribution in [1.82, 2.24) is 4.98 Å². The Morgan fingerprint density at radius 3 is 2.61 bits per heavy atom. The molecule has 2 aromatic rings. The highest BCUT2D eigenvalue weighted by Gasteiger charge is 2.10. The number of pyridine rings is 1. The van der Waals surface area contributed by atoms with Crippen LogP contribution in [0.1, 0.15) is 12.0 Å². The third-order valence-corrected chi connectivity index (χ3v) is 2.88. The second-order valence-electron chi connectivity index (χ2n) is 4.15. The zero-order valence-corrected chi connectivity index (χ0v) is 10.4. The van der Waals surface area contributed by atoms with Gasteiger partial charge in [0.05, 0.1) is 11.9 Å². The maximum absolute atomic E-state index is 12.0.